The second kappa shape index (κ2) is 3.85. The number of hydrogen-bond donors (Lipinski definition) is 0. The van der Waals surface area contributed by atoms with Crippen LogP contribution in [0.4, 0.5) is 5.69 Å². The number of hydrogen-bond acceptors (Lipinski definition) is 2. The third-order valence-corrected chi connectivity index (χ3v) is 1.81. The molecule has 1 aromatic carbocycles. The third kappa shape index (κ3) is 2.15. The molecule has 0 saturated heterocycles. The molecule has 0 aliphatic rings. The van der Waals surface area contributed by atoms with Crippen LogP contribution >= 0.6 is 0 Å². The Kier molecular flexibility index (Phi) is 2.80. The van der Waals surface area contributed by atoms with Crippen LogP contribution in [0.15, 0.2) is 24.3 Å². The van der Waals surface area contributed by atoms with Crippen LogP contribution in [0.25, 0.3) is 6.08 Å². The van der Waals surface area contributed by atoms with Crippen LogP contribution in [0, 0.1) is 17.0 Å². The van der Waals surface area contributed by atoms with Gasteiger partial charge in [-0.25, -0.2) is 0 Å². The van der Waals surface area contributed by atoms with Crippen LogP contribution in [0.1, 0.15) is 18.1 Å². The lowest BCUT2D eigenvalue weighted by Gasteiger charge is -1.98. The summed E-state index contributed by atoms with van der Waals surface area (Å²) in [4.78, 5) is 10.0. The lowest BCUT2D eigenvalue weighted by Crippen LogP contribution is -1.89. The molecule has 0 aliphatic heterocycles. The van der Waals surface area contributed by atoms with Gasteiger partial charge in [-0.2, -0.15) is 0 Å². The fourth-order valence-electron chi connectivity index (χ4n) is 1.14. The number of aryl methyl sites for hydroxylation is 1. The van der Waals surface area contributed by atoms with Gasteiger partial charge in [0.1, 0.15) is 0 Å². The monoisotopic (exact) mass is 177 g/mol. The summed E-state index contributed by atoms with van der Waals surface area (Å²) in [5, 5.41) is 10.4. The highest BCUT2D eigenvalue weighted by Crippen LogP contribution is 2.17. The first-order valence-electron chi connectivity index (χ1n) is 4.03. The van der Waals surface area contributed by atoms with E-state index in [4.69, 9.17) is 0 Å². The second-order valence-corrected chi connectivity index (χ2v) is 2.80. The third-order valence-electron chi connectivity index (χ3n) is 1.81. The number of allylic oxidation sites excluding steroid dienone is 1. The minimum Gasteiger partial charge on any atom is -0.258 e. The van der Waals surface area contributed by atoms with E-state index in [0.29, 0.717) is 0 Å². The maximum absolute atomic E-state index is 10.4. The maximum Gasteiger partial charge on any atom is 0.269 e. The van der Waals surface area contributed by atoms with Gasteiger partial charge >= 0.3 is 0 Å². The van der Waals surface area contributed by atoms with E-state index in [0.717, 1.165) is 11.1 Å². The smallest absolute Gasteiger partial charge is 0.258 e. The number of nitro benzene ring substituents is 1. The molecule has 1 aromatic rings. The second-order valence-electron chi connectivity index (χ2n) is 2.80. The highest BCUT2D eigenvalue weighted by molar-refractivity contribution is 5.56. The minimum absolute atomic E-state index is 0.144. The van der Waals surface area contributed by atoms with Gasteiger partial charge in [-0.3, -0.25) is 10.1 Å². The predicted octanol–water partition coefficient (Wildman–Crippen LogP) is 2.94. The van der Waals surface area contributed by atoms with E-state index in [-0.39, 0.29) is 10.6 Å². The zero-order valence-electron chi connectivity index (χ0n) is 7.65. The topological polar surface area (TPSA) is 43.1 Å². The minimum atomic E-state index is -0.382. The van der Waals surface area contributed by atoms with Gasteiger partial charge in [0.05, 0.1) is 4.92 Å². The van der Waals surface area contributed by atoms with E-state index in [1.54, 1.807) is 12.1 Å². The summed E-state index contributed by atoms with van der Waals surface area (Å²) in [6.45, 7) is 3.78. The maximum atomic E-state index is 10.4. The molecule has 3 nitrogen and oxygen atoms in total. The zero-order chi connectivity index (χ0) is 9.84. The van der Waals surface area contributed by atoms with Crippen LogP contribution in [-0.4, -0.2) is 4.92 Å². The molecule has 13 heavy (non-hydrogen) atoms. The SMILES string of the molecule is CC=Cc1ccc([N+](=O)[O-])cc1C. The molecule has 0 saturated carbocycles. The molecule has 0 radical (unpaired) electrons. The molecule has 0 N–H and O–H groups in total. The molecule has 0 bridgehead atoms. The van der Waals surface area contributed by atoms with Crippen molar-refractivity contribution < 1.29 is 4.92 Å². The number of benzene rings is 1. The van der Waals surface area contributed by atoms with Gasteiger partial charge in [0.15, 0.2) is 0 Å². The molecule has 0 spiro atoms. The first-order chi connectivity index (χ1) is 6.15. The largest absolute Gasteiger partial charge is 0.269 e. The average molecular weight is 177 g/mol. The summed E-state index contributed by atoms with van der Waals surface area (Å²) in [6.07, 6.45) is 3.84. The molecule has 68 valence electrons. The van der Waals surface area contributed by atoms with Gasteiger partial charge in [-0.15, -0.1) is 0 Å². The van der Waals surface area contributed by atoms with Crippen molar-refractivity contribution in [2.75, 3.05) is 0 Å². The molecule has 3 heteroatoms. The van der Waals surface area contributed by atoms with E-state index in [1.807, 2.05) is 26.0 Å². The van der Waals surface area contributed by atoms with Crippen LogP contribution in [0.3, 0.4) is 0 Å². The molecule has 0 amide bonds. The van der Waals surface area contributed by atoms with Gasteiger partial charge in [-0.05, 0) is 31.0 Å². The molecule has 0 atom stereocenters. The highest BCUT2D eigenvalue weighted by atomic mass is 16.6. The van der Waals surface area contributed by atoms with Crippen molar-refractivity contribution in [3.63, 3.8) is 0 Å². The van der Waals surface area contributed by atoms with Gasteiger partial charge in [0.2, 0.25) is 0 Å². The van der Waals surface area contributed by atoms with E-state index >= 15 is 0 Å². The van der Waals surface area contributed by atoms with E-state index in [1.165, 1.54) is 6.07 Å². The lowest BCUT2D eigenvalue weighted by molar-refractivity contribution is -0.384. The number of non-ortho nitro benzene ring substituents is 1. The van der Waals surface area contributed by atoms with Gasteiger partial charge in [0, 0.05) is 12.1 Å². The van der Waals surface area contributed by atoms with Gasteiger partial charge < -0.3 is 0 Å². The standard InChI is InChI=1S/C10H11NO2/c1-3-4-9-5-6-10(11(12)13)7-8(9)2/h3-7H,1-2H3. The quantitative estimate of drug-likeness (QED) is 0.515. The molecular weight excluding hydrogens is 166 g/mol. The molecule has 0 aromatic heterocycles. The Hall–Kier alpha value is -1.64. The number of rotatable bonds is 2. The van der Waals surface area contributed by atoms with Crippen LogP contribution in [-0.2, 0) is 0 Å². The van der Waals surface area contributed by atoms with Crippen molar-refractivity contribution in [2.24, 2.45) is 0 Å². The summed E-state index contributed by atoms with van der Waals surface area (Å²) in [5.74, 6) is 0. The van der Waals surface area contributed by atoms with Crippen molar-refractivity contribution in [3.05, 3.63) is 45.5 Å². The van der Waals surface area contributed by atoms with Crippen molar-refractivity contribution in [1.82, 2.24) is 0 Å². The van der Waals surface area contributed by atoms with Crippen molar-refractivity contribution in [3.8, 4) is 0 Å². The van der Waals surface area contributed by atoms with Crippen LogP contribution in [0.2, 0.25) is 0 Å². The van der Waals surface area contributed by atoms with E-state index < -0.39 is 0 Å². The normalized spacial score (nSPS) is 10.6. The summed E-state index contributed by atoms with van der Waals surface area (Å²) >= 11 is 0. The fourth-order valence-corrected chi connectivity index (χ4v) is 1.14. The Morgan fingerprint density at radius 2 is 2.15 bits per heavy atom. The van der Waals surface area contributed by atoms with E-state index in [2.05, 4.69) is 0 Å². The summed E-state index contributed by atoms with van der Waals surface area (Å²) in [7, 11) is 0. The Morgan fingerprint density at radius 3 is 2.62 bits per heavy atom. The lowest BCUT2D eigenvalue weighted by atomic mass is 10.1. The summed E-state index contributed by atoms with van der Waals surface area (Å²) in [5.41, 5.74) is 2.09. The van der Waals surface area contributed by atoms with Crippen molar-refractivity contribution in [2.45, 2.75) is 13.8 Å². The van der Waals surface area contributed by atoms with E-state index in [9.17, 15) is 10.1 Å². The molecule has 1 rings (SSSR count). The van der Waals surface area contributed by atoms with Crippen LogP contribution < -0.4 is 0 Å². The van der Waals surface area contributed by atoms with Crippen molar-refractivity contribution >= 4 is 11.8 Å². The summed E-state index contributed by atoms with van der Waals surface area (Å²) in [6, 6.07) is 4.85. The molecular formula is C10H11NO2. The first-order valence-corrected chi connectivity index (χ1v) is 4.03. The van der Waals surface area contributed by atoms with Crippen LogP contribution in [0.5, 0.6) is 0 Å². The van der Waals surface area contributed by atoms with Gasteiger partial charge in [0.25, 0.3) is 5.69 Å². The van der Waals surface area contributed by atoms with Crippen molar-refractivity contribution in [1.29, 1.82) is 0 Å². The Morgan fingerprint density at radius 1 is 1.46 bits per heavy atom. The number of nitro groups is 1. The average Bonchev–Trinajstić information content (AvgIpc) is 2.08. The molecule has 0 aliphatic carbocycles. The summed E-state index contributed by atoms with van der Waals surface area (Å²) < 4.78 is 0. The molecule has 0 unspecified atom stereocenters. The fraction of sp³-hybridized carbons (Fsp3) is 0.200. The Labute approximate surface area is 76.9 Å². The Bertz CT molecular complexity index is 356. The predicted molar refractivity (Wildman–Crippen MR) is 52.5 cm³/mol. The Balaban J connectivity index is 3.12. The first kappa shape index (κ1) is 9.45. The zero-order valence-corrected chi connectivity index (χ0v) is 7.65. The van der Waals surface area contributed by atoms with Gasteiger partial charge in [-0.1, -0.05) is 12.2 Å². The molecule has 0 heterocycles. The highest BCUT2D eigenvalue weighted by Gasteiger charge is 2.05. The molecule has 0 fully saturated rings. The number of nitrogens with zero attached hydrogens (tertiary/aromatic N) is 1.